The smallest absolute Gasteiger partial charge is 0.203 e. The zero-order valence-corrected chi connectivity index (χ0v) is 15.0. The molecule has 0 unspecified atom stereocenters. The molecule has 2 aliphatic rings. The van der Waals surface area contributed by atoms with E-state index in [0.29, 0.717) is 13.2 Å². The van der Waals surface area contributed by atoms with Crippen LogP contribution in [0.25, 0.3) is 11.0 Å². The van der Waals surface area contributed by atoms with Crippen molar-refractivity contribution in [3.8, 4) is 11.5 Å². The predicted molar refractivity (Wildman–Crippen MR) is 103 cm³/mol. The molecule has 0 bridgehead atoms. The fourth-order valence-electron chi connectivity index (χ4n) is 3.53. The molecule has 1 fully saturated rings. The standard InChI is InChI=1S/C19H19ClN4O2/c20-13-2-1-3-14(10-13)23-4-6-24(7-5-23)19-21-15-11-17-18(12-16(15)22-19)26-9-8-25-17/h1-3,10-12H,4-9H2,(H,21,22). The summed E-state index contributed by atoms with van der Waals surface area (Å²) < 4.78 is 11.3. The number of hydrogen-bond donors (Lipinski definition) is 1. The molecule has 2 aliphatic heterocycles. The van der Waals surface area contributed by atoms with Crippen molar-refractivity contribution in [1.29, 1.82) is 0 Å². The molecule has 0 saturated carbocycles. The van der Waals surface area contributed by atoms with Gasteiger partial charge in [0.25, 0.3) is 0 Å². The van der Waals surface area contributed by atoms with E-state index >= 15 is 0 Å². The van der Waals surface area contributed by atoms with Gasteiger partial charge in [0, 0.05) is 49.0 Å². The van der Waals surface area contributed by atoms with Gasteiger partial charge in [-0.05, 0) is 18.2 Å². The van der Waals surface area contributed by atoms with Crippen molar-refractivity contribution in [3.05, 3.63) is 41.4 Å². The van der Waals surface area contributed by atoms with Gasteiger partial charge in [-0.2, -0.15) is 0 Å². The second-order valence-corrected chi connectivity index (χ2v) is 6.96. The highest BCUT2D eigenvalue weighted by molar-refractivity contribution is 6.30. The SMILES string of the molecule is Clc1cccc(N2CCN(c3nc4cc5c(cc4[nH]3)OCCO5)CC2)c1. The predicted octanol–water partition coefficient (Wildman–Crippen LogP) is 3.31. The molecule has 2 aromatic carbocycles. The Morgan fingerprint density at radius 3 is 2.42 bits per heavy atom. The third kappa shape index (κ3) is 2.80. The zero-order valence-electron chi connectivity index (χ0n) is 14.2. The second kappa shape index (κ2) is 6.29. The van der Waals surface area contributed by atoms with E-state index in [0.717, 1.165) is 59.7 Å². The molecule has 0 atom stereocenters. The highest BCUT2D eigenvalue weighted by atomic mass is 35.5. The number of aromatic nitrogens is 2. The van der Waals surface area contributed by atoms with E-state index in [1.807, 2.05) is 30.3 Å². The number of fused-ring (bicyclic) bond motifs is 2. The van der Waals surface area contributed by atoms with Crippen LogP contribution in [0.2, 0.25) is 5.02 Å². The third-order valence-corrected chi connectivity index (χ3v) is 5.12. The maximum atomic E-state index is 6.12. The molecule has 5 rings (SSSR count). The number of rotatable bonds is 2. The molecule has 26 heavy (non-hydrogen) atoms. The van der Waals surface area contributed by atoms with Crippen LogP contribution in [0, 0.1) is 0 Å². The van der Waals surface area contributed by atoms with Gasteiger partial charge >= 0.3 is 0 Å². The summed E-state index contributed by atoms with van der Waals surface area (Å²) in [5.41, 5.74) is 3.05. The summed E-state index contributed by atoms with van der Waals surface area (Å²) in [6.07, 6.45) is 0. The Balaban J connectivity index is 1.34. The summed E-state index contributed by atoms with van der Waals surface area (Å²) in [5, 5.41) is 0.774. The van der Waals surface area contributed by atoms with Crippen molar-refractivity contribution in [3.63, 3.8) is 0 Å². The van der Waals surface area contributed by atoms with E-state index in [2.05, 4.69) is 20.9 Å². The Labute approximate surface area is 156 Å². The van der Waals surface area contributed by atoms with Crippen LogP contribution in [0.3, 0.4) is 0 Å². The average molecular weight is 371 g/mol. The Morgan fingerprint density at radius 2 is 1.65 bits per heavy atom. The molecule has 3 aromatic rings. The summed E-state index contributed by atoms with van der Waals surface area (Å²) in [6.45, 7) is 4.84. The number of nitrogens with one attached hydrogen (secondary N) is 1. The van der Waals surface area contributed by atoms with E-state index in [-0.39, 0.29) is 0 Å². The number of benzene rings is 2. The van der Waals surface area contributed by atoms with E-state index in [1.165, 1.54) is 5.69 Å². The van der Waals surface area contributed by atoms with Crippen molar-refractivity contribution >= 4 is 34.3 Å². The van der Waals surface area contributed by atoms with Crippen LogP contribution in [0.15, 0.2) is 36.4 Å². The van der Waals surface area contributed by atoms with Gasteiger partial charge in [0.1, 0.15) is 13.2 Å². The van der Waals surface area contributed by atoms with Gasteiger partial charge in [-0.1, -0.05) is 17.7 Å². The largest absolute Gasteiger partial charge is 0.486 e. The van der Waals surface area contributed by atoms with E-state index in [9.17, 15) is 0 Å². The number of ether oxygens (including phenoxy) is 2. The molecule has 0 radical (unpaired) electrons. The number of aromatic amines is 1. The van der Waals surface area contributed by atoms with Crippen LogP contribution < -0.4 is 19.3 Å². The summed E-state index contributed by atoms with van der Waals surface area (Å²) in [6, 6.07) is 11.9. The van der Waals surface area contributed by atoms with E-state index in [1.54, 1.807) is 0 Å². The highest BCUT2D eigenvalue weighted by Crippen LogP contribution is 2.34. The summed E-state index contributed by atoms with van der Waals surface area (Å²) in [5.74, 6) is 2.45. The van der Waals surface area contributed by atoms with Gasteiger partial charge < -0.3 is 24.3 Å². The monoisotopic (exact) mass is 370 g/mol. The van der Waals surface area contributed by atoms with Crippen LogP contribution in [0.4, 0.5) is 11.6 Å². The van der Waals surface area contributed by atoms with Crippen LogP contribution in [-0.2, 0) is 0 Å². The first-order valence-electron chi connectivity index (χ1n) is 8.81. The lowest BCUT2D eigenvalue weighted by Gasteiger charge is -2.36. The molecule has 0 aliphatic carbocycles. The third-order valence-electron chi connectivity index (χ3n) is 4.89. The fourth-order valence-corrected chi connectivity index (χ4v) is 3.72. The lowest BCUT2D eigenvalue weighted by molar-refractivity contribution is 0.172. The first-order chi connectivity index (χ1) is 12.8. The maximum Gasteiger partial charge on any atom is 0.203 e. The Kier molecular flexibility index (Phi) is 3.78. The first kappa shape index (κ1) is 15.6. The lowest BCUT2D eigenvalue weighted by Crippen LogP contribution is -2.46. The van der Waals surface area contributed by atoms with E-state index < -0.39 is 0 Å². The van der Waals surface area contributed by atoms with Crippen molar-refractivity contribution in [2.45, 2.75) is 0 Å². The minimum atomic E-state index is 0.585. The quantitative estimate of drug-likeness (QED) is 0.750. The molecule has 3 heterocycles. The van der Waals surface area contributed by atoms with Gasteiger partial charge in [0.2, 0.25) is 5.95 Å². The van der Waals surface area contributed by atoms with Crippen molar-refractivity contribution in [2.75, 3.05) is 49.2 Å². The number of imidazole rings is 1. The van der Waals surface area contributed by atoms with Gasteiger partial charge in [0.05, 0.1) is 11.0 Å². The number of H-pyrrole nitrogens is 1. The van der Waals surface area contributed by atoms with Gasteiger partial charge in [-0.3, -0.25) is 0 Å². The number of anilines is 2. The summed E-state index contributed by atoms with van der Waals surface area (Å²) >= 11 is 6.12. The molecule has 7 heteroatoms. The molecule has 0 spiro atoms. The fraction of sp³-hybridized carbons (Fsp3) is 0.316. The Morgan fingerprint density at radius 1 is 0.923 bits per heavy atom. The van der Waals surface area contributed by atoms with E-state index in [4.69, 9.17) is 26.1 Å². The number of hydrogen-bond acceptors (Lipinski definition) is 5. The average Bonchev–Trinajstić information content (AvgIpc) is 3.09. The second-order valence-electron chi connectivity index (χ2n) is 6.53. The van der Waals surface area contributed by atoms with Crippen molar-refractivity contribution in [2.24, 2.45) is 0 Å². The molecule has 0 amide bonds. The Hall–Kier alpha value is -2.60. The lowest BCUT2D eigenvalue weighted by atomic mass is 10.2. The van der Waals surface area contributed by atoms with Crippen molar-refractivity contribution < 1.29 is 9.47 Å². The number of piperazine rings is 1. The molecule has 134 valence electrons. The van der Waals surface area contributed by atoms with Crippen LogP contribution in [-0.4, -0.2) is 49.4 Å². The summed E-state index contributed by atoms with van der Waals surface area (Å²) in [4.78, 5) is 12.8. The van der Waals surface area contributed by atoms with Gasteiger partial charge in [0.15, 0.2) is 11.5 Å². The number of nitrogens with zero attached hydrogens (tertiary/aromatic N) is 3. The molecule has 6 nitrogen and oxygen atoms in total. The van der Waals surface area contributed by atoms with Gasteiger partial charge in [-0.15, -0.1) is 0 Å². The molecular weight excluding hydrogens is 352 g/mol. The van der Waals surface area contributed by atoms with Crippen molar-refractivity contribution in [1.82, 2.24) is 9.97 Å². The van der Waals surface area contributed by atoms with Crippen LogP contribution >= 0.6 is 11.6 Å². The molecule has 1 aromatic heterocycles. The van der Waals surface area contributed by atoms with Gasteiger partial charge in [-0.25, -0.2) is 4.98 Å². The molecular formula is C19H19ClN4O2. The highest BCUT2D eigenvalue weighted by Gasteiger charge is 2.21. The first-order valence-corrected chi connectivity index (χ1v) is 9.19. The van der Waals surface area contributed by atoms with Crippen LogP contribution in [0.1, 0.15) is 0 Å². The Bertz CT molecular complexity index is 907. The minimum Gasteiger partial charge on any atom is -0.486 e. The molecule has 1 N–H and O–H groups in total. The normalized spacial score (nSPS) is 17.0. The minimum absolute atomic E-state index is 0.585. The topological polar surface area (TPSA) is 53.6 Å². The van der Waals surface area contributed by atoms with Crippen LogP contribution in [0.5, 0.6) is 11.5 Å². The maximum absolute atomic E-state index is 6.12. The zero-order chi connectivity index (χ0) is 17.5. The molecule has 1 saturated heterocycles. The summed E-state index contributed by atoms with van der Waals surface area (Å²) in [7, 11) is 0. The number of halogens is 1.